The number of rotatable bonds is 42. The largest absolute Gasteiger partial charge is 0.462 e. The number of aliphatic hydroxyl groups excluding tert-OH is 2. The first-order chi connectivity index (χ1) is 25.5. The zero-order valence-electron chi connectivity index (χ0n) is 35.2. The van der Waals surface area contributed by atoms with Crippen molar-refractivity contribution in [2.75, 3.05) is 6.61 Å². The smallest absolute Gasteiger partial charge is 0.306 e. The van der Waals surface area contributed by atoms with Crippen molar-refractivity contribution in [3.05, 3.63) is 0 Å². The summed E-state index contributed by atoms with van der Waals surface area (Å²) in [6, 6.07) is -0.689. The molecule has 0 aliphatic rings. The van der Waals surface area contributed by atoms with Crippen molar-refractivity contribution >= 4 is 11.9 Å². The molecule has 0 heterocycles. The monoisotopic (exact) mass is 738 g/mol. The molecule has 310 valence electrons. The average molecular weight is 738 g/mol. The van der Waals surface area contributed by atoms with Gasteiger partial charge in [-0.1, -0.05) is 220 Å². The molecule has 0 aliphatic carbocycles. The lowest BCUT2D eigenvalue weighted by molar-refractivity contribution is -0.151. The van der Waals surface area contributed by atoms with Crippen LogP contribution >= 0.6 is 0 Å². The second-order valence-electron chi connectivity index (χ2n) is 16.2. The van der Waals surface area contributed by atoms with Gasteiger partial charge in [-0.3, -0.25) is 9.59 Å². The molecule has 3 atom stereocenters. The van der Waals surface area contributed by atoms with Gasteiger partial charge in [0.2, 0.25) is 5.91 Å². The van der Waals surface area contributed by atoms with E-state index in [-0.39, 0.29) is 24.9 Å². The summed E-state index contributed by atoms with van der Waals surface area (Å²) >= 11 is 0. The summed E-state index contributed by atoms with van der Waals surface area (Å²) in [5.41, 5.74) is 0. The van der Waals surface area contributed by atoms with Gasteiger partial charge in [-0.05, 0) is 25.7 Å². The summed E-state index contributed by atoms with van der Waals surface area (Å²) in [5, 5.41) is 23.6. The molecule has 0 rings (SSSR count). The fourth-order valence-corrected chi connectivity index (χ4v) is 7.37. The Morgan fingerprint density at radius 2 is 0.808 bits per heavy atom. The molecule has 0 bridgehead atoms. The van der Waals surface area contributed by atoms with Crippen molar-refractivity contribution in [3.63, 3.8) is 0 Å². The molecule has 0 radical (unpaired) electrons. The number of unbranched alkanes of at least 4 members (excludes halogenated alkanes) is 30. The number of aliphatic hydroxyl groups is 2. The topological polar surface area (TPSA) is 95.9 Å². The maximum absolute atomic E-state index is 13.1. The molecule has 6 heteroatoms. The molecule has 0 spiro atoms. The second-order valence-corrected chi connectivity index (χ2v) is 16.2. The van der Waals surface area contributed by atoms with Gasteiger partial charge >= 0.3 is 5.97 Å². The quantitative estimate of drug-likeness (QED) is 0.0428. The van der Waals surface area contributed by atoms with Gasteiger partial charge < -0.3 is 20.3 Å². The van der Waals surface area contributed by atoms with Gasteiger partial charge in [0.05, 0.1) is 25.2 Å². The minimum Gasteiger partial charge on any atom is -0.462 e. The molecule has 0 aromatic heterocycles. The molecule has 0 fully saturated rings. The fraction of sp³-hybridized carbons (Fsp3) is 0.957. The Hall–Kier alpha value is -1.14. The number of carbonyl (C=O) groups is 2. The molecule has 0 aliphatic heterocycles. The highest BCUT2D eigenvalue weighted by Gasteiger charge is 2.24. The van der Waals surface area contributed by atoms with Crippen LogP contribution in [0.25, 0.3) is 0 Å². The Balaban J connectivity index is 4.39. The summed E-state index contributed by atoms with van der Waals surface area (Å²) in [6.45, 7) is 6.46. The molecular weight excluding hydrogens is 647 g/mol. The van der Waals surface area contributed by atoms with Gasteiger partial charge in [0.1, 0.15) is 6.10 Å². The molecule has 3 N–H and O–H groups in total. The van der Waals surface area contributed by atoms with Crippen LogP contribution in [-0.2, 0) is 14.3 Å². The summed E-state index contributed by atoms with van der Waals surface area (Å²) in [5.74, 6) is -0.463. The summed E-state index contributed by atoms with van der Waals surface area (Å²) in [6.07, 6.45) is 41.7. The van der Waals surface area contributed by atoms with E-state index in [2.05, 4.69) is 26.1 Å². The number of carbonyl (C=O) groups excluding carboxylic acids is 2. The van der Waals surface area contributed by atoms with Crippen LogP contribution in [0.2, 0.25) is 0 Å². The van der Waals surface area contributed by atoms with Gasteiger partial charge in [0.25, 0.3) is 0 Å². The Labute approximate surface area is 324 Å². The molecule has 0 aromatic carbocycles. The zero-order chi connectivity index (χ0) is 38.2. The van der Waals surface area contributed by atoms with Crippen molar-refractivity contribution < 1.29 is 24.5 Å². The standard InChI is InChI=1S/C46H91NO5/c1-4-7-10-13-16-18-20-22-24-26-29-32-35-38-44(49)43(41-48)47-45(50)40-42(37-34-31-28-15-12-9-6-3)52-46(51)39-36-33-30-27-25-23-21-19-17-14-11-8-5-2/h42-44,48-49H,4-41H2,1-3H3,(H,47,50). The van der Waals surface area contributed by atoms with E-state index < -0.39 is 18.2 Å². The van der Waals surface area contributed by atoms with Crippen molar-refractivity contribution in [1.29, 1.82) is 0 Å². The van der Waals surface area contributed by atoms with Crippen LogP contribution in [0.4, 0.5) is 0 Å². The van der Waals surface area contributed by atoms with E-state index in [1.807, 2.05) is 0 Å². The Kier molecular flexibility index (Phi) is 40.1. The Bertz CT molecular complexity index is 746. The highest BCUT2D eigenvalue weighted by atomic mass is 16.5. The van der Waals surface area contributed by atoms with Crippen LogP contribution in [0, 0.1) is 0 Å². The number of hydrogen-bond acceptors (Lipinski definition) is 5. The molecule has 0 saturated heterocycles. The maximum atomic E-state index is 13.1. The first-order valence-electron chi connectivity index (χ1n) is 23.3. The molecule has 1 amide bonds. The summed E-state index contributed by atoms with van der Waals surface area (Å²) in [4.78, 5) is 25.9. The average Bonchev–Trinajstić information content (AvgIpc) is 3.13. The molecule has 52 heavy (non-hydrogen) atoms. The van der Waals surface area contributed by atoms with E-state index in [1.54, 1.807) is 0 Å². The van der Waals surface area contributed by atoms with Crippen molar-refractivity contribution in [2.24, 2.45) is 0 Å². The minimum atomic E-state index is -0.777. The van der Waals surface area contributed by atoms with Crippen LogP contribution in [0.15, 0.2) is 0 Å². The van der Waals surface area contributed by atoms with Crippen LogP contribution in [0.5, 0.6) is 0 Å². The van der Waals surface area contributed by atoms with Crippen LogP contribution in [0.3, 0.4) is 0 Å². The van der Waals surface area contributed by atoms with E-state index in [0.29, 0.717) is 19.3 Å². The third kappa shape index (κ3) is 35.9. The zero-order valence-corrected chi connectivity index (χ0v) is 35.2. The first kappa shape index (κ1) is 50.9. The van der Waals surface area contributed by atoms with Gasteiger partial charge in [0, 0.05) is 6.42 Å². The predicted octanol–water partition coefficient (Wildman–Crippen LogP) is 13.2. The number of nitrogens with one attached hydrogen (secondary N) is 1. The molecule has 0 saturated carbocycles. The van der Waals surface area contributed by atoms with Crippen LogP contribution in [-0.4, -0.2) is 46.9 Å². The normalized spacial score (nSPS) is 13.2. The SMILES string of the molecule is CCCCCCCCCCCCCCCC(=O)OC(CCCCCCCCC)CC(=O)NC(CO)C(O)CCCCCCCCCCCCCCC. The Morgan fingerprint density at radius 3 is 1.17 bits per heavy atom. The van der Waals surface area contributed by atoms with Crippen LogP contribution in [0.1, 0.15) is 258 Å². The fourth-order valence-electron chi connectivity index (χ4n) is 7.37. The highest BCUT2D eigenvalue weighted by molar-refractivity contribution is 5.77. The van der Waals surface area contributed by atoms with E-state index in [0.717, 1.165) is 44.9 Å². The molecule has 6 nitrogen and oxygen atoms in total. The van der Waals surface area contributed by atoms with Crippen molar-refractivity contribution in [2.45, 2.75) is 277 Å². The molecular formula is C46H91NO5. The molecule has 3 unspecified atom stereocenters. The Morgan fingerprint density at radius 1 is 0.481 bits per heavy atom. The minimum absolute atomic E-state index is 0.0855. The van der Waals surface area contributed by atoms with E-state index >= 15 is 0 Å². The molecule has 0 aromatic rings. The first-order valence-corrected chi connectivity index (χ1v) is 23.3. The number of esters is 1. The van der Waals surface area contributed by atoms with Gasteiger partial charge in [-0.2, -0.15) is 0 Å². The van der Waals surface area contributed by atoms with Crippen molar-refractivity contribution in [1.82, 2.24) is 5.32 Å². The van der Waals surface area contributed by atoms with Gasteiger partial charge in [-0.25, -0.2) is 0 Å². The van der Waals surface area contributed by atoms with E-state index in [9.17, 15) is 19.8 Å². The van der Waals surface area contributed by atoms with E-state index in [4.69, 9.17) is 4.74 Å². The predicted molar refractivity (Wildman–Crippen MR) is 223 cm³/mol. The third-order valence-electron chi connectivity index (χ3n) is 10.9. The maximum Gasteiger partial charge on any atom is 0.306 e. The van der Waals surface area contributed by atoms with Gasteiger partial charge in [-0.15, -0.1) is 0 Å². The van der Waals surface area contributed by atoms with Crippen LogP contribution < -0.4 is 5.32 Å². The van der Waals surface area contributed by atoms with Gasteiger partial charge in [0.15, 0.2) is 0 Å². The number of amides is 1. The lowest BCUT2D eigenvalue weighted by Gasteiger charge is -2.24. The third-order valence-corrected chi connectivity index (χ3v) is 10.9. The number of hydrogen-bond donors (Lipinski definition) is 3. The summed E-state index contributed by atoms with van der Waals surface area (Å²) < 4.78 is 5.88. The summed E-state index contributed by atoms with van der Waals surface area (Å²) in [7, 11) is 0. The lowest BCUT2D eigenvalue weighted by atomic mass is 10.0. The lowest BCUT2D eigenvalue weighted by Crippen LogP contribution is -2.46. The number of ether oxygens (including phenoxy) is 1. The van der Waals surface area contributed by atoms with E-state index in [1.165, 1.54) is 167 Å². The highest BCUT2D eigenvalue weighted by Crippen LogP contribution is 2.18. The van der Waals surface area contributed by atoms with Crippen molar-refractivity contribution in [3.8, 4) is 0 Å². The second kappa shape index (κ2) is 41.0.